The largest absolute Gasteiger partial charge is 0.522 e. The summed E-state index contributed by atoms with van der Waals surface area (Å²) in [4.78, 5) is 2.14. The third-order valence-corrected chi connectivity index (χ3v) is 3.69. The van der Waals surface area contributed by atoms with Crippen LogP contribution in [0.3, 0.4) is 0 Å². The normalized spacial score (nSPS) is 26.1. The molecule has 0 aromatic heterocycles. The van der Waals surface area contributed by atoms with Crippen molar-refractivity contribution in [2.75, 3.05) is 26.2 Å². The number of halogens is 3. The molecule has 0 aromatic carbocycles. The Morgan fingerprint density at radius 2 is 1.82 bits per heavy atom. The first-order valence-electron chi connectivity index (χ1n) is 6.00. The number of rotatable bonds is 4. The van der Waals surface area contributed by atoms with Gasteiger partial charge in [0.15, 0.2) is 0 Å². The second-order valence-corrected chi connectivity index (χ2v) is 5.20. The summed E-state index contributed by atoms with van der Waals surface area (Å²) in [7, 11) is 0. The zero-order chi connectivity index (χ0) is 12.5. The molecule has 0 aromatic rings. The first-order chi connectivity index (χ1) is 7.92. The first-order valence-corrected chi connectivity index (χ1v) is 6.00. The van der Waals surface area contributed by atoms with Gasteiger partial charge in [-0.25, -0.2) is 0 Å². The van der Waals surface area contributed by atoms with Crippen LogP contribution in [0.4, 0.5) is 13.2 Å². The van der Waals surface area contributed by atoms with Gasteiger partial charge in [0, 0.05) is 31.7 Å². The van der Waals surface area contributed by atoms with Crippen molar-refractivity contribution in [1.29, 1.82) is 0 Å². The molecule has 2 fully saturated rings. The fourth-order valence-electron chi connectivity index (χ4n) is 2.39. The Kier molecular flexibility index (Phi) is 3.66. The molecular weight excluding hydrogens is 235 g/mol. The number of aliphatic hydroxyl groups is 1. The summed E-state index contributed by atoms with van der Waals surface area (Å²) in [6.07, 6.45) is -2.32. The summed E-state index contributed by atoms with van der Waals surface area (Å²) in [5.74, 6) is 0. The molecular formula is C11H18F3NO2. The van der Waals surface area contributed by atoms with E-state index in [0.717, 1.165) is 19.4 Å². The van der Waals surface area contributed by atoms with Gasteiger partial charge >= 0.3 is 6.36 Å². The number of piperidine rings is 1. The van der Waals surface area contributed by atoms with Gasteiger partial charge in [-0.2, -0.15) is 0 Å². The number of hydrogen-bond donors (Lipinski definition) is 1. The molecule has 3 nitrogen and oxygen atoms in total. The molecule has 0 unspecified atom stereocenters. The summed E-state index contributed by atoms with van der Waals surface area (Å²) >= 11 is 0. The monoisotopic (exact) mass is 253 g/mol. The maximum atomic E-state index is 12.0. The lowest BCUT2D eigenvalue weighted by Crippen LogP contribution is -2.42. The van der Waals surface area contributed by atoms with Gasteiger partial charge in [0.05, 0.1) is 6.10 Å². The lowest BCUT2D eigenvalue weighted by molar-refractivity contribution is -0.345. The van der Waals surface area contributed by atoms with Crippen LogP contribution in [0, 0.1) is 5.41 Å². The van der Waals surface area contributed by atoms with Gasteiger partial charge in [-0.05, 0) is 25.7 Å². The molecule has 17 heavy (non-hydrogen) atoms. The predicted octanol–water partition coefficient (Wildman–Crippen LogP) is 1.76. The second-order valence-electron chi connectivity index (χ2n) is 5.20. The summed E-state index contributed by atoms with van der Waals surface area (Å²) in [6.45, 7) is 2.25. The van der Waals surface area contributed by atoms with Crippen molar-refractivity contribution in [1.82, 2.24) is 4.90 Å². The van der Waals surface area contributed by atoms with Crippen LogP contribution in [0.2, 0.25) is 0 Å². The second kappa shape index (κ2) is 4.74. The molecule has 1 aliphatic heterocycles. The lowest BCUT2D eigenvalue weighted by atomic mass is 10.0. The third kappa shape index (κ3) is 3.82. The number of ether oxygens (including phenoxy) is 1. The molecule has 2 aliphatic rings. The molecule has 6 heteroatoms. The molecule has 1 aliphatic carbocycles. The van der Waals surface area contributed by atoms with Crippen LogP contribution in [-0.2, 0) is 4.74 Å². The minimum Gasteiger partial charge on any atom is -0.396 e. The van der Waals surface area contributed by atoms with Gasteiger partial charge in [0.1, 0.15) is 0 Å². The van der Waals surface area contributed by atoms with Crippen LogP contribution in [-0.4, -0.2) is 48.7 Å². The topological polar surface area (TPSA) is 32.7 Å². The van der Waals surface area contributed by atoms with Crippen LogP contribution in [0.5, 0.6) is 0 Å². The molecule has 1 saturated carbocycles. The molecule has 2 rings (SSSR count). The quantitative estimate of drug-likeness (QED) is 0.828. The third-order valence-electron chi connectivity index (χ3n) is 3.69. The van der Waals surface area contributed by atoms with Gasteiger partial charge in [0.2, 0.25) is 0 Å². The molecule has 100 valence electrons. The van der Waals surface area contributed by atoms with Crippen LogP contribution >= 0.6 is 0 Å². The van der Waals surface area contributed by atoms with Crippen molar-refractivity contribution >= 4 is 0 Å². The summed E-state index contributed by atoms with van der Waals surface area (Å²) in [5.41, 5.74) is 0.0394. The Balaban J connectivity index is 1.71. The predicted molar refractivity (Wildman–Crippen MR) is 55.4 cm³/mol. The highest BCUT2D eigenvalue weighted by atomic mass is 19.4. The first kappa shape index (κ1) is 13.1. The van der Waals surface area contributed by atoms with Gasteiger partial charge in [-0.3, -0.25) is 4.74 Å². The van der Waals surface area contributed by atoms with Gasteiger partial charge in [-0.1, -0.05) is 0 Å². The van der Waals surface area contributed by atoms with Crippen LogP contribution < -0.4 is 0 Å². The van der Waals surface area contributed by atoms with Crippen molar-refractivity contribution in [2.24, 2.45) is 5.41 Å². The van der Waals surface area contributed by atoms with E-state index < -0.39 is 12.5 Å². The van der Waals surface area contributed by atoms with Crippen molar-refractivity contribution in [3.05, 3.63) is 0 Å². The zero-order valence-corrected chi connectivity index (χ0v) is 9.67. The molecule has 0 radical (unpaired) electrons. The fourth-order valence-corrected chi connectivity index (χ4v) is 2.39. The Morgan fingerprint density at radius 1 is 1.24 bits per heavy atom. The Labute approximate surface area is 98.5 Å². The number of nitrogens with zero attached hydrogens (tertiary/aromatic N) is 1. The summed E-state index contributed by atoms with van der Waals surface area (Å²) < 4.78 is 40.0. The minimum absolute atomic E-state index is 0.0394. The molecule has 0 bridgehead atoms. The van der Waals surface area contributed by atoms with E-state index in [2.05, 4.69) is 9.64 Å². The summed E-state index contributed by atoms with van der Waals surface area (Å²) in [5, 5.41) is 9.19. The van der Waals surface area contributed by atoms with Gasteiger partial charge in [-0.15, -0.1) is 13.2 Å². The van der Waals surface area contributed by atoms with Crippen LogP contribution in [0.1, 0.15) is 25.7 Å². The minimum atomic E-state index is -4.52. The van der Waals surface area contributed by atoms with Crippen molar-refractivity contribution < 1.29 is 23.0 Å². The van der Waals surface area contributed by atoms with E-state index in [4.69, 9.17) is 0 Å². The van der Waals surface area contributed by atoms with Crippen molar-refractivity contribution in [3.8, 4) is 0 Å². The van der Waals surface area contributed by atoms with E-state index in [-0.39, 0.29) is 12.0 Å². The smallest absolute Gasteiger partial charge is 0.396 e. The van der Waals surface area contributed by atoms with Gasteiger partial charge < -0.3 is 10.0 Å². The average molecular weight is 253 g/mol. The highest BCUT2D eigenvalue weighted by molar-refractivity contribution is 4.95. The molecule has 1 N–H and O–H groups in total. The maximum absolute atomic E-state index is 12.0. The molecule has 0 spiro atoms. The molecule has 1 saturated heterocycles. The molecule has 0 atom stereocenters. The van der Waals surface area contributed by atoms with Crippen LogP contribution in [0.15, 0.2) is 0 Å². The zero-order valence-electron chi connectivity index (χ0n) is 9.67. The SMILES string of the molecule is OCC1(CN2CCC(OC(F)(F)F)CC2)CC1. The van der Waals surface area contributed by atoms with E-state index in [9.17, 15) is 18.3 Å². The van der Waals surface area contributed by atoms with E-state index in [1.54, 1.807) is 0 Å². The number of aliphatic hydroxyl groups excluding tert-OH is 1. The summed E-state index contributed by atoms with van der Waals surface area (Å²) in [6, 6.07) is 0. The fraction of sp³-hybridized carbons (Fsp3) is 1.00. The van der Waals surface area contributed by atoms with Gasteiger partial charge in [0.25, 0.3) is 0 Å². The Hall–Kier alpha value is -0.330. The lowest BCUT2D eigenvalue weighted by Gasteiger charge is -2.34. The van der Waals surface area contributed by atoms with E-state index in [1.807, 2.05) is 0 Å². The maximum Gasteiger partial charge on any atom is 0.522 e. The standard InChI is InChI=1S/C11H18F3NO2/c12-11(13,14)17-9-1-5-15(6-2-9)7-10(8-16)3-4-10/h9,16H,1-8H2. The van der Waals surface area contributed by atoms with E-state index >= 15 is 0 Å². The molecule has 0 amide bonds. The van der Waals surface area contributed by atoms with Crippen molar-refractivity contribution in [3.63, 3.8) is 0 Å². The van der Waals surface area contributed by atoms with Crippen LogP contribution in [0.25, 0.3) is 0 Å². The van der Waals surface area contributed by atoms with E-state index in [0.29, 0.717) is 25.9 Å². The highest BCUT2D eigenvalue weighted by Gasteiger charge is 2.44. The number of likely N-dealkylation sites (tertiary alicyclic amines) is 1. The molecule has 1 heterocycles. The Morgan fingerprint density at radius 3 is 2.24 bits per heavy atom. The Bertz CT molecular complexity index is 258. The van der Waals surface area contributed by atoms with E-state index in [1.165, 1.54) is 0 Å². The number of hydrogen-bond acceptors (Lipinski definition) is 3. The number of alkyl halides is 3. The average Bonchev–Trinajstić information content (AvgIpc) is 3.00. The highest BCUT2D eigenvalue weighted by Crippen LogP contribution is 2.46. The van der Waals surface area contributed by atoms with Crippen molar-refractivity contribution in [2.45, 2.75) is 38.1 Å².